The second-order valence-corrected chi connectivity index (χ2v) is 6.26. The van der Waals surface area contributed by atoms with Gasteiger partial charge in [0.25, 0.3) is 0 Å². The van der Waals surface area contributed by atoms with Crippen molar-refractivity contribution in [3.63, 3.8) is 0 Å². The number of carbonyl (C=O) groups excluding carboxylic acids is 3. The molecule has 2 aromatic carbocycles. The van der Waals surface area contributed by atoms with E-state index in [1.54, 1.807) is 30.3 Å². The van der Waals surface area contributed by atoms with Crippen molar-refractivity contribution in [2.24, 2.45) is 0 Å². The molecule has 0 aliphatic carbocycles. The van der Waals surface area contributed by atoms with Gasteiger partial charge < -0.3 is 20.7 Å². The fraction of sp³-hybridized carbons (Fsp3) is 0.211. The van der Waals surface area contributed by atoms with Crippen LogP contribution in [0.2, 0.25) is 5.02 Å². The van der Waals surface area contributed by atoms with E-state index in [4.69, 9.17) is 16.3 Å². The molecule has 0 aliphatic heterocycles. The molecule has 7 nitrogen and oxygen atoms in total. The highest BCUT2D eigenvalue weighted by atomic mass is 35.5. The van der Waals surface area contributed by atoms with Gasteiger partial charge in [0.2, 0.25) is 5.91 Å². The number of aryl methyl sites for hydroxylation is 2. The SMILES string of the molecule is COc1cccc(NC(=O)C(=O)NCC(=O)Nc2c(C)cc(C)cc2Cl)c1. The molecule has 0 unspecified atom stereocenters. The number of benzene rings is 2. The van der Waals surface area contributed by atoms with Crippen molar-refractivity contribution < 1.29 is 19.1 Å². The first-order chi connectivity index (χ1) is 12.8. The van der Waals surface area contributed by atoms with E-state index in [1.165, 1.54) is 7.11 Å². The van der Waals surface area contributed by atoms with Crippen LogP contribution in [0.25, 0.3) is 0 Å². The maximum absolute atomic E-state index is 12.0. The van der Waals surface area contributed by atoms with Gasteiger partial charge in [-0.05, 0) is 43.2 Å². The third kappa shape index (κ3) is 5.72. The van der Waals surface area contributed by atoms with Crippen LogP contribution in [-0.4, -0.2) is 31.4 Å². The minimum atomic E-state index is -0.931. The number of anilines is 2. The van der Waals surface area contributed by atoms with Crippen LogP contribution in [-0.2, 0) is 14.4 Å². The van der Waals surface area contributed by atoms with Crippen LogP contribution in [0.4, 0.5) is 11.4 Å². The van der Waals surface area contributed by atoms with Crippen LogP contribution in [0.1, 0.15) is 11.1 Å². The van der Waals surface area contributed by atoms with Crippen molar-refractivity contribution in [2.75, 3.05) is 24.3 Å². The van der Waals surface area contributed by atoms with Crippen LogP contribution in [0, 0.1) is 13.8 Å². The normalized spacial score (nSPS) is 10.1. The minimum absolute atomic E-state index is 0.367. The van der Waals surface area contributed by atoms with Gasteiger partial charge in [-0.15, -0.1) is 0 Å². The van der Waals surface area contributed by atoms with Gasteiger partial charge in [0, 0.05) is 11.8 Å². The molecule has 0 saturated heterocycles. The zero-order valence-electron chi connectivity index (χ0n) is 15.2. The lowest BCUT2D eigenvalue weighted by molar-refractivity contribution is -0.136. The Hall–Kier alpha value is -3.06. The molecule has 0 aliphatic rings. The molecular formula is C19H20ClN3O4. The number of hydrogen-bond donors (Lipinski definition) is 3. The van der Waals surface area contributed by atoms with Crippen LogP contribution >= 0.6 is 11.6 Å². The molecule has 0 radical (unpaired) electrons. The van der Waals surface area contributed by atoms with E-state index in [-0.39, 0.29) is 6.54 Å². The van der Waals surface area contributed by atoms with Crippen molar-refractivity contribution in [1.82, 2.24) is 5.32 Å². The average molecular weight is 390 g/mol. The molecular weight excluding hydrogens is 370 g/mol. The lowest BCUT2D eigenvalue weighted by atomic mass is 10.1. The minimum Gasteiger partial charge on any atom is -0.497 e. The second-order valence-electron chi connectivity index (χ2n) is 5.86. The third-order valence-corrected chi connectivity index (χ3v) is 3.94. The zero-order valence-corrected chi connectivity index (χ0v) is 15.9. The summed E-state index contributed by atoms with van der Waals surface area (Å²) in [4.78, 5) is 35.8. The van der Waals surface area contributed by atoms with Gasteiger partial charge in [-0.2, -0.15) is 0 Å². The first-order valence-corrected chi connectivity index (χ1v) is 8.47. The quantitative estimate of drug-likeness (QED) is 0.685. The predicted molar refractivity (Wildman–Crippen MR) is 104 cm³/mol. The van der Waals surface area contributed by atoms with Gasteiger partial charge >= 0.3 is 11.8 Å². The van der Waals surface area contributed by atoms with E-state index in [1.807, 2.05) is 19.9 Å². The van der Waals surface area contributed by atoms with Crippen LogP contribution in [0.5, 0.6) is 5.75 Å². The molecule has 0 saturated carbocycles. The molecule has 8 heteroatoms. The van der Waals surface area contributed by atoms with E-state index in [2.05, 4.69) is 16.0 Å². The summed E-state index contributed by atoms with van der Waals surface area (Å²) in [6.45, 7) is 3.34. The lowest BCUT2D eigenvalue weighted by Crippen LogP contribution is -2.39. The maximum Gasteiger partial charge on any atom is 0.313 e. The van der Waals surface area contributed by atoms with E-state index >= 15 is 0 Å². The number of ether oxygens (including phenoxy) is 1. The highest BCUT2D eigenvalue weighted by molar-refractivity contribution is 6.40. The van der Waals surface area contributed by atoms with Crippen molar-refractivity contribution in [3.8, 4) is 5.75 Å². The van der Waals surface area contributed by atoms with Crippen molar-refractivity contribution in [1.29, 1.82) is 0 Å². The Morgan fingerprint density at radius 3 is 2.44 bits per heavy atom. The van der Waals surface area contributed by atoms with Crippen LogP contribution < -0.4 is 20.7 Å². The van der Waals surface area contributed by atoms with Crippen LogP contribution in [0.15, 0.2) is 36.4 Å². The first-order valence-electron chi connectivity index (χ1n) is 8.10. The summed E-state index contributed by atoms with van der Waals surface area (Å²) in [6, 6.07) is 10.2. The van der Waals surface area contributed by atoms with E-state index in [9.17, 15) is 14.4 Å². The van der Waals surface area contributed by atoms with Gasteiger partial charge in [0.1, 0.15) is 5.75 Å². The van der Waals surface area contributed by atoms with Crippen LogP contribution in [0.3, 0.4) is 0 Å². The highest BCUT2D eigenvalue weighted by Crippen LogP contribution is 2.27. The number of nitrogens with one attached hydrogen (secondary N) is 3. The van der Waals surface area contributed by atoms with E-state index in [0.29, 0.717) is 22.1 Å². The molecule has 2 rings (SSSR count). The molecule has 27 heavy (non-hydrogen) atoms. The molecule has 0 aromatic heterocycles. The van der Waals surface area contributed by atoms with Gasteiger partial charge in [-0.1, -0.05) is 23.7 Å². The van der Waals surface area contributed by atoms with Gasteiger partial charge in [0.05, 0.1) is 24.4 Å². The summed E-state index contributed by atoms with van der Waals surface area (Å²) in [7, 11) is 1.49. The monoisotopic (exact) mass is 389 g/mol. The molecule has 0 heterocycles. The molecule has 3 amide bonds. The number of halogens is 1. The molecule has 0 atom stereocenters. The fourth-order valence-corrected chi connectivity index (χ4v) is 2.76. The highest BCUT2D eigenvalue weighted by Gasteiger charge is 2.16. The lowest BCUT2D eigenvalue weighted by Gasteiger charge is -2.12. The maximum atomic E-state index is 12.0. The third-order valence-electron chi connectivity index (χ3n) is 3.64. The van der Waals surface area contributed by atoms with Gasteiger partial charge in [-0.3, -0.25) is 14.4 Å². The summed E-state index contributed by atoms with van der Waals surface area (Å²) in [5.41, 5.74) is 2.65. The molecule has 142 valence electrons. The molecule has 0 bridgehead atoms. The standard InChI is InChI=1S/C19H20ClN3O4/c1-11-7-12(2)17(15(20)8-11)23-16(24)10-21-18(25)19(26)22-13-5-4-6-14(9-13)27-3/h4-9H,10H2,1-3H3,(H,21,25)(H,22,26)(H,23,24). The average Bonchev–Trinajstić information content (AvgIpc) is 2.62. The molecule has 0 spiro atoms. The van der Waals surface area contributed by atoms with Crippen molar-refractivity contribution in [3.05, 3.63) is 52.5 Å². The summed E-state index contributed by atoms with van der Waals surface area (Å²) in [6.07, 6.45) is 0. The van der Waals surface area contributed by atoms with Crippen molar-refractivity contribution >= 4 is 40.7 Å². The largest absolute Gasteiger partial charge is 0.497 e. The number of rotatable bonds is 5. The predicted octanol–water partition coefficient (Wildman–Crippen LogP) is 2.66. The summed E-state index contributed by atoms with van der Waals surface area (Å²) >= 11 is 6.13. The van der Waals surface area contributed by atoms with E-state index in [0.717, 1.165) is 11.1 Å². The Labute approximate surface area is 162 Å². The van der Waals surface area contributed by atoms with Crippen molar-refractivity contribution in [2.45, 2.75) is 13.8 Å². The summed E-state index contributed by atoms with van der Waals surface area (Å²) in [5, 5.41) is 7.73. The van der Waals surface area contributed by atoms with Gasteiger partial charge in [-0.25, -0.2) is 0 Å². The Kier molecular flexibility index (Phi) is 6.79. The molecule has 0 fully saturated rings. The Balaban J connectivity index is 1.89. The fourth-order valence-electron chi connectivity index (χ4n) is 2.39. The first kappa shape index (κ1) is 20.3. The Morgan fingerprint density at radius 1 is 1.04 bits per heavy atom. The summed E-state index contributed by atoms with van der Waals surface area (Å²) < 4.78 is 5.04. The number of hydrogen-bond acceptors (Lipinski definition) is 4. The smallest absolute Gasteiger partial charge is 0.313 e. The Bertz CT molecular complexity index is 860. The number of carbonyl (C=O) groups is 3. The number of methoxy groups -OCH3 is 1. The molecule has 2 aromatic rings. The van der Waals surface area contributed by atoms with E-state index < -0.39 is 17.7 Å². The zero-order chi connectivity index (χ0) is 20.0. The summed E-state index contributed by atoms with van der Waals surface area (Å²) in [5.74, 6) is -1.77. The Morgan fingerprint density at radius 2 is 1.78 bits per heavy atom. The number of amides is 3. The van der Waals surface area contributed by atoms with Gasteiger partial charge in [0.15, 0.2) is 0 Å². The topological polar surface area (TPSA) is 96.5 Å². The molecule has 3 N–H and O–H groups in total. The second kappa shape index (κ2) is 9.05.